The average Bonchev–Trinajstić information content (AvgIpc) is 2.54. The average molecular weight is 358 g/mol. The molecule has 0 radical (unpaired) electrons. The third kappa shape index (κ3) is 7.90. The number of nitrogens with zero attached hydrogens (tertiary/aromatic N) is 1. The number of hydrogen-bond acceptors (Lipinski definition) is 4. The first-order chi connectivity index (χ1) is 11.4. The molecule has 136 valence electrons. The summed E-state index contributed by atoms with van der Waals surface area (Å²) in [4.78, 5) is 23.7. The van der Waals surface area contributed by atoms with Gasteiger partial charge in [-0.05, 0) is 45.7 Å². The molecule has 0 aromatic heterocycles. The van der Waals surface area contributed by atoms with E-state index in [-0.39, 0.29) is 24.6 Å². The number of alkyl halides is 1. The van der Waals surface area contributed by atoms with Crippen molar-refractivity contribution in [2.75, 3.05) is 30.5 Å². The minimum absolute atomic E-state index is 0.0370. The molecule has 1 aromatic rings. The maximum atomic E-state index is 11.6. The molecule has 5 nitrogen and oxygen atoms in total. The molecule has 0 atom stereocenters. The Kier molecular flexibility index (Phi) is 12.2. The third-order valence-corrected chi connectivity index (χ3v) is 3.41. The van der Waals surface area contributed by atoms with E-state index in [2.05, 4.69) is 0 Å². The molecule has 24 heavy (non-hydrogen) atoms. The zero-order chi connectivity index (χ0) is 18.5. The minimum Gasteiger partial charge on any atom is -0.353 e. The van der Waals surface area contributed by atoms with Crippen molar-refractivity contribution in [2.24, 2.45) is 0 Å². The second kappa shape index (κ2) is 12.9. The van der Waals surface area contributed by atoms with Gasteiger partial charge in [0.2, 0.25) is 5.91 Å². The number of amides is 1. The Balaban J connectivity index is 0.000000561. The molecule has 0 aliphatic heterocycles. The van der Waals surface area contributed by atoms with Crippen LogP contribution in [0, 0.1) is 13.8 Å². The Hall–Kier alpha value is -1.43. The monoisotopic (exact) mass is 357 g/mol. The number of anilines is 1. The number of rotatable bonds is 8. The van der Waals surface area contributed by atoms with E-state index in [1.54, 1.807) is 0 Å². The van der Waals surface area contributed by atoms with Crippen LogP contribution in [-0.2, 0) is 19.1 Å². The number of aldehydes is 1. The number of hydrogen-bond donors (Lipinski definition) is 0. The number of carbonyl (C=O) groups is 2. The van der Waals surface area contributed by atoms with Crippen molar-refractivity contribution in [3.8, 4) is 0 Å². The first-order valence-corrected chi connectivity index (χ1v) is 8.55. The first kappa shape index (κ1) is 22.6. The summed E-state index contributed by atoms with van der Waals surface area (Å²) in [5.74, 6) is -0.382. The van der Waals surface area contributed by atoms with Crippen LogP contribution in [0.1, 0.15) is 31.9 Å². The molecule has 0 bridgehead atoms. The van der Waals surface area contributed by atoms with Gasteiger partial charge in [-0.3, -0.25) is 4.79 Å². The highest BCUT2D eigenvalue weighted by molar-refractivity contribution is 6.29. The van der Waals surface area contributed by atoms with Crippen LogP contribution in [0.4, 0.5) is 5.69 Å². The lowest BCUT2D eigenvalue weighted by Crippen LogP contribution is -2.34. The van der Waals surface area contributed by atoms with Gasteiger partial charge in [0, 0.05) is 18.9 Å². The highest BCUT2D eigenvalue weighted by Crippen LogP contribution is 2.24. The van der Waals surface area contributed by atoms with Crippen molar-refractivity contribution in [3.63, 3.8) is 0 Å². The van der Waals surface area contributed by atoms with E-state index >= 15 is 0 Å². The molecule has 0 saturated carbocycles. The van der Waals surface area contributed by atoms with Gasteiger partial charge in [0.1, 0.15) is 12.2 Å². The van der Waals surface area contributed by atoms with Gasteiger partial charge in [-0.25, -0.2) is 0 Å². The lowest BCUT2D eigenvalue weighted by Gasteiger charge is -2.23. The maximum absolute atomic E-state index is 11.6. The van der Waals surface area contributed by atoms with Crippen molar-refractivity contribution in [1.82, 2.24) is 0 Å². The second-order valence-corrected chi connectivity index (χ2v) is 5.29. The summed E-state index contributed by atoms with van der Waals surface area (Å²) in [7, 11) is 0. The molecule has 0 unspecified atom stereocenters. The van der Waals surface area contributed by atoms with Crippen LogP contribution in [0.3, 0.4) is 0 Å². The topological polar surface area (TPSA) is 55.8 Å². The molecule has 1 amide bonds. The summed E-state index contributed by atoms with van der Waals surface area (Å²) in [6.07, 6.45) is 0.668. The molecule has 0 fully saturated rings. The van der Waals surface area contributed by atoms with Gasteiger partial charge >= 0.3 is 0 Å². The van der Waals surface area contributed by atoms with E-state index in [1.165, 1.54) is 4.90 Å². The number of para-hydroxylation sites is 1. The quantitative estimate of drug-likeness (QED) is 0.406. The van der Waals surface area contributed by atoms with Crippen LogP contribution in [0.25, 0.3) is 0 Å². The minimum atomic E-state index is -0.258. The summed E-state index contributed by atoms with van der Waals surface area (Å²) in [6.45, 7) is 11.1. The van der Waals surface area contributed by atoms with E-state index in [9.17, 15) is 9.59 Å². The van der Waals surface area contributed by atoms with Crippen molar-refractivity contribution in [2.45, 2.75) is 40.9 Å². The predicted molar refractivity (Wildman–Crippen MR) is 97.8 cm³/mol. The fraction of sp³-hybridized carbons (Fsp3) is 0.556. The fourth-order valence-electron chi connectivity index (χ4n) is 2.21. The highest BCUT2D eigenvalue weighted by atomic mass is 35.5. The molecule has 0 aliphatic carbocycles. The number of halogens is 1. The van der Waals surface area contributed by atoms with Crippen LogP contribution >= 0.6 is 11.6 Å². The summed E-state index contributed by atoms with van der Waals surface area (Å²) in [5, 5.41) is 0. The van der Waals surface area contributed by atoms with Crippen LogP contribution in [-0.4, -0.2) is 44.1 Å². The van der Waals surface area contributed by atoms with Gasteiger partial charge in [0.05, 0.1) is 6.54 Å². The third-order valence-electron chi connectivity index (χ3n) is 3.18. The SMILES string of the molecule is CCOC(C)OCC.Cc1cccc(C)c1N(CC=O)C(=O)CCl. The number of benzene rings is 1. The summed E-state index contributed by atoms with van der Waals surface area (Å²) < 4.78 is 10.1. The smallest absolute Gasteiger partial charge is 0.242 e. The van der Waals surface area contributed by atoms with Gasteiger partial charge in [-0.15, -0.1) is 11.6 Å². The molecule has 1 aromatic carbocycles. The van der Waals surface area contributed by atoms with E-state index < -0.39 is 0 Å². The largest absolute Gasteiger partial charge is 0.353 e. The lowest BCUT2D eigenvalue weighted by atomic mass is 10.1. The summed E-state index contributed by atoms with van der Waals surface area (Å²) in [5.41, 5.74) is 2.70. The Morgan fingerprint density at radius 3 is 2.08 bits per heavy atom. The molecule has 0 heterocycles. The molecule has 0 spiro atoms. The van der Waals surface area contributed by atoms with Gasteiger partial charge in [0.15, 0.2) is 6.29 Å². The molecular formula is C18H28ClNO4. The predicted octanol–water partition coefficient (Wildman–Crippen LogP) is 3.48. The zero-order valence-electron chi connectivity index (χ0n) is 15.2. The fourth-order valence-corrected chi connectivity index (χ4v) is 2.36. The second-order valence-electron chi connectivity index (χ2n) is 5.02. The van der Waals surface area contributed by atoms with E-state index in [0.29, 0.717) is 6.29 Å². The lowest BCUT2D eigenvalue weighted by molar-refractivity contribution is -0.123. The van der Waals surface area contributed by atoms with Gasteiger partial charge in [-0.2, -0.15) is 0 Å². The van der Waals surface area contributed by atoms with E-state index in [1.807, 2.05) is 52.8 Å². The number of aryl methyl sites for hydroxylation is 2. The molecule has 6 heteroatoms. The van der Waals surface area contributed by atoms with Crippen LogP contribution in [0.2, 0.25) is 0 Å². The van der Waals surface area contributed by atoms with Crippen molar-refractivity contribution >= 4 is 29.5 Å². The summed E-state index contributed by atoms with van der Waals surface area (Å²) >= 11 is 5.53. The van der Waals surface area contributed by atoms with Crippen LogP contribution < -0.4 is 4.90 Å². The summed E-state index contributed by atoms with van der Waals surface area (Å²) in [6, 6.07) is 5.72. The standard InChI is InChI=1S/C12H14ClNO2.C6H14O2/c1-9-4-3-5-10(2)12(9)14(6-7-15)11(16)8-13;1-4-7-6(3)8-5-2/h3-5,7H,6,8H2,1-2H3;6H,4-5H2,1-3H3. The Bertz CT molecular complexity index is 482. The number of ether oxygens (including phenoxy) is 2. The number of carbonyl (C=O) groups excluding carboxylic acids is 2. The molecule has 0 aliphatic rings. The van der Waals surface area contributed by atoms with Gasteiger partial charge in [-0.1, -0.05) is 18.2 Å². The van der Waals surface area contributed by atoms with E-state index in [4.69, 9.17) is 21.1 Å². The Morgan fingerprint density at radius 2 is 1.71 bits per heavy atom. The van der Waals surface area contributed by atoms with Gasteiger partial charge < -0.3 is 19.2 Å². The molecular weight excluding hydrogens is 330 g/mol. The van der Waals surface area contributed by atoms with Crippen LogP contribution in [0.15, 0.2) is 18.2 Å². The normalized spacial score (nSPS) is 10.1. The zero-order valence-corrected chi connectivity index (χ0v) is 15.9. The first-order valence-electron chi connectivity index (χ1n) is 8.02. The molecule has 0 N–H and O–H groups in total. The van der Waals surface area contributed by atoms with Gasteiger partial charge in [0.25, 0.3) is 0 Å². The van der Waals surface area contributed by atoms with Crippen molar-refractivity contribution < 1.29 is 19.1 Å². The van der Waals surface area contributed by atoms with Crippen molar-refractivity contribution in [1.29, 1.82) is 0 Å². The van der Waals surface area contributed by atoms with Crippen molar-refractivity contribution in [3.05, 3.63) is 29.3 Å². The Morgan fingerprint density at radius 1 is 1.21 bits per heavy atom. The highest BCUT2D eigenvalue weighted by Gasteiger charge is 2.17. The molecule has 0 saturated heterocycles. The maximum Gasteiger partial charge on any atom is 0.242 e. The Labute approximate surface area is 149 Å². The van der Waals surface area contributed by atoms with Crippen LogP contribution in [0.5, 0.6) is 0 Å². The molecule has 1 rings (SSSR count). The van der Waals surface area contributed by atoms with E-state index in [0.717, 1.165) is 30.0 Å².